The maximum atomic E-state index is 11.5. The van der Waals surface area contributed by atoms with Crippen LogP contribution in [0.3, 0.4) is 0 Å². The highest BCUT2D eigenvalue weighted by Crippen LogP contribution is 2.26. The molecule has 1 heterocycles. The van der Waals surface area contributed by atoms with Gasteiger partial charge in [-0.2, -0.15) is 0 Å². The lowest BCUT2D eigenvalue weighted by Gasteiger charge is -2.23. The summed E-state index contributed by atoms with van der Waals surface area (Å²) >= 11 is 1.71. The Morgan fingerprint density at radius 1 is 1.19 bits per heavy atom. The van der Waals surface area contributed by atoms with Gasteiger partial charge in [0.15, 0.2) is 0 Å². The summed E-state index contributed by atoms with van der Waals surface area (Å²) in [5, 5.41) is 15.0. The van der Waals surface area contributed by atoms with Gasteiger partial charge < -0.3 is 10.4 Å². The Labute approximate surface area is 129 Å². The van der Waals surface area contributed by atoms with E-state index >= 15 is 0 Å². The molecule has 21 heavy (non-hydrogen) atoms. The minimum Gasteiger partial charge on any atom is -0.481 e. The summed E-state index contributed by atoms with van der Waals surface area (Å²) in [5.41, 5.74) is 0.839. The topological polar surface area (TPSA) is 49.3 Å². The molecule has 0 aliphatic rings. The van der Waals surface area contributed by atoms with E-state index in [1.807, 2.05) is 36.4 Å². The van der Waals surface area contributed by atoms with E-state index in [4.69, 9.17) is 0 Å². The Kier molecular flexibility index (Phi) is 5.53. The van der Waals surface area contributed by atoms with Crippen LogP contribution in [0.5, 0.6) is 0 Å². The van der Waals surface area contributed by atoms with Crippen LogP contribution in [0.25, 0.3) is 0 Å². The molecule has 0 amide bonds. The number of carboxylic acids is 1. The van der Waals surface area contributed by atoms with E-state index in [1.165, 1.54) is 4.88 Å². The molecular weight excluding hydrogens is 282 g/mol. The average Bonchev–Trinajstić information content (AvgIpc) is 2.97. The second kappa shape index (κ2) is 7.38. The van der Waals surface area contributed by atoms with Gasteiger partial charge in [-0.05, 0) is 22.9 Å². The zero-order valence-corrected chi connectivity index (χ0v) is 13.1. The molecule has 0 spiro atoms. The lowest BCUT2D eigenvalue weighted by atomic mass is 9.97. The van der Waals surface area contributed by atoms with Crippen LogP contribution in [0.1, 0.15) is 36.2 Å². The Balaban J connectivity index is 2.09. The second-order valence-electron chi connectivity index (χ2n) is 5.45. The lowest BCUT2D eigenvalue weighted by molar-refractivity contribution is -0.138. The van der Waals surface area contributed by atoms with E-state index in [-0.39, 0.29) is 6.04 Å². The summed E-state index contributed by atoms with van der Waals surface area (Å²) in [6.45, 7) is 4.73. The number of carbonyl (C=O) groups is 1. The quantitative estimate of drug-likeness (QED) is 0.815. The van der Waals surface area contributed by atoms with Gasteiger partial charge in [0.2, 0.25) is 0 Å². The first-order valence-corrected chi connectivity index (χ1v) is 8.02. The average molecular weight is 303 g/mol. The molecule has 0 fully saturated rings. The predicted molar refractivity (Wildman–Crippen MR) is 86.7 cm³/mol. The van der Waals surface area contributed by atoms with Gasteiger partial charge in [0.25, 0.3) is 0 Å². The van der Waals surface area contributed by atoms with Crippen LogP contribution in [0.2, 0.25) is 0 Å². The second-order valence-corrected chi connectivity index (χ2v) is 6.43. The van der Waals surface area contributed by atoms with Crippen molar-refractivity contribution in [1.82, 2.24) is 5.32 Å². The van der Waals surface area contributed by atoms with Gasteiger partial charge in [0.05, 0.1) is 5.92 Å². The van der Waals surface area contributed by atoms with Gasteiger partial charge in [0, 0.05) is 17.5 Å². The zero-order valence-electron chi connectivity index (χ0n) is 12.3. The highest BCUT2D eigenvalue weighted by Gasteiger charge is 2.23. The predicted octanol–water partition coefficient (Wildman–Crippen LogP) is 3.90. The summed E-state index contributed by atoms with van der Waals surface area (Å²) in [7, 11) is 0. The lowest BCUT2D eigenvalue weighted by Crippen LogP contribution is -2.32. The minimum absolute atomic E-state index is 0.190. The van der Waals surface area contributed by atoms with Gasteiger partial charge in [-0.3, -0.25) is 4.79 Å². The molecular formula is C17H21NO2S. The number of hydrogen-bond donors (Lipinski definition) is 2. The standard InChI is InChI=1S/C17H21NO2S/c1-12(2)16(15-9-6-10-21-15)18-11-14(17(19)20)13-7-4-3-5-8-13/h3-10,12,14,16,18H,11H2,1-2H3,(H,19,20). The van der Waals surface area contributed by atoms with E-state index in [0.717, 1.165) is 5.56 Å². The Bertz CT molecular complexity index is 551. The zero-order chi connectivity index (χ0) is 15.2. The maximum absolute atomic E-state index is 11.5. The van der Waals surface area contributed by atoms with Crippen molar-refractivity contribution in [2.24, 2.45) is 5.92 Å². The molecule has 112 valence electrons. The summed E-state index contributed by atoms with van der Waals surface area (Å²) in [5.74, 6) is -0.899. The third kappa shape index (κ3) is 4.16. The van der Waals surface area contributed by atoms with Crippen molar-refractivity contribution in [3.63, 3.8) is 0 Å². The number of nitrogens with one attached hydrogen (secondary N) is 1. The molecule has 2 N–H and O–H groups in total. The van der Waals surface area contributed by atoms with E-state index < -0.39 is 11.9 Å². The fourth-order valence-electron chi connectivity index (χ4n) is 2.41. The van der Waals surface area contributed by atoms with Crippen LogP contribution in [-0.4, -0.2) is 17.6 Å². The van der Waals surface area contributed by atoms with Crippen molar-refractivity contribution in [1.29, 1.82) is 0 Å². The van der Waals surface area contributed by atoms with Gasteiger partial charge >= 0.3 is 5.97 Å². The van der Waals surface area contributed by atoms with Crippen LogP contribution in [0, 0.1) is 5.92 Å². The van der Waals surface area contributed by atoms with E-state index in [0.29, 0.717) is 12.5 Å². The molecule has 2 aromatic rings. The van der Waals surface area contributed by atoms with Crippen LogP contribution in [-0.2, 0) is 4.79 Å². The molecule has 2 rings (SSSR count). The van der Waals surface area contributed by atoms with Crippen LogP contribution in [0.15, 0.2) is 47.8 Å². The molecule has 0 saturated carbocycles. The normalized spacial score (nSPS) is 14.0. The molecule has 4 heteroatoms. The molecule has 1 aromatic heterocycles. The number of rotatable bonds is 7. The minimum atomic E-state index is -0.789. The molecule has 0 aliphatic heterocycles. The molecule has 2 atom stereocenters. The van der Waals surface area contributed by atoms with Gasteiger partial charge in [-0.15, -0.1) is 11.3 Å². The van der Waals surface area contributed by atoms with Crippen LogP contribution >= 0.6 is 11.3 Å². The number of aliphatic carboxylic acids is 1. The maximum Gasteiger partial charge on any atom is 0.312 e. The first kappa shape index (κ1) is 15.7. The SMILES string of the molecule is CC(C)C(NCC(C(=O)O)c1ccccc1)c1cccs1. The first-order chi connectivity index (χ1) is 10.1. The van der Waals surface area contributed by atoms with Crippen LogP contribution in [0.4, 0.5) is 0 Å². The Morgan fingerprint density at radius 2 is 1.90 bits per heavy atom. The fourth-order valence-corrected chi connectivity index (χ4v) is 3.38. The van der Waals surface area contributed by atoms with E-state index in [1.54, 1.807) is 11.3 Å². The number of carboxylic acid groups (broad SMARTS) is 1. The molecule has 1 aromatic carbocycles. The summed E-state index contributed by atoms with van der Waals surface area (Å²) < 4.78 is 0. The summed E-state index contributed by atoms with van der Waals surface area (Å²) in [4.78, 5) is 12.8. The number of thiophene rings is 1. The number of benzene rings is 1. The Hall–Kier alpha value is -1.65. The third-order valence-corrected chi connectivity index (χ3v) is 4.51. The third-order valence-electron chi connectivity index (χ3n) is 3.56. The molecule has 3 nitrogen and oxygen atoms in total. The van der Waals surface area contributed by atoms with E-state index in [2.05, 4.69) is 30.6 Å². The van der Waals surface area contributed by atoms with Crippen molar-refractivity contribution in [3.8, 4) is 0 Å². The molecule has 2 unspecified atom stereocenters. The highest BCUT2D eigenvalue weighted by molar-refractivity contribution is 7.10. The van der Waals surface area contributed by atoms with Gasteiger partial charge in [-0.25, -0.2) is 0 Å². The van der Waals surface area contributed by atoms with Crippen molar-refractivity contribution >= 4 is 17.3 Å². The summed E-state index contributed by atoms with van der Waals surface area (Å²) in [6, 6.07) is 13.7. The smallest absolute Gasteiger partial charge is 0.312 e. The Morgan fingerprint density at radius 3 is 2.43 bits per heavy atom. The molecule has 0 saturated heterocycles. The number of hydrogen-bond acceptors (Lipinski definition) is 3. The van der Waals surface area contributed by atoms with Crippen molar-refractivity contribution < 1.29 is 9.90 Å². The largest absolute Gasteiger partial charge is 0.481 e. The van der Waals surface area contributed by atoms with Crippen molar-refractivity contribution in [2.45, 2.75) is 25.8 Å². The molecule has 0 radical (unpaired) electrons. The monoisotopic (exact) mass is 303 g/mol. The van der Waals surface area contributed by atoms with Gasteiger partial charge in [0.1, 0.15) is 0 Å². The fraction of sp³-hybridized carbons (Fsp3) is 0.353. The first-order valence-electron chi connectivity index (χ1n) is 7.14. The van der Waals surface area contributed by atoms with E-state index in [9.17, 15) is 9.90 Å². The molecule has 0 aliphatic carbocycles. The van der Waals surface area contributed by atoms with Crippen molar-refractivity contribution in [3.05, 3.63) is 58.3 Å². The molecule has 0 bridgehead atoms. The highest BCUT2D eigenvalue weighted by atomic mass is 32.1. The summed E-state index contributed by atoms with van der Waals surface area (Å²) in [6.07, 6.45) is 0. The van der Waals surface area contributed by atoms with Crippen molar-refractivity contribution in [2.75, 3.05) is 6.54 Å². The van der Waals surface area contributed by atoms with Gasteiger partial charge in [-0.1, -0.05) is 50.2 Å². The van der Waals surface area contributed by atoms with Crippen LogP contribution < -0.4 is 5.32 Å².